The van der Waals surface area contributed by atoms with Gasteiger partial charge in [-0.05, 0) is 25.0 Å². The van der Waals surface area contributed by atoms with Crippen LogP contribution < -0.4 is 0 Å². The summed E-state index contributed by atoms with van der Waals surface area (Å²) in [6, 6.07) is 5.60. The minimum absolute atomic E-state index is 0.188. The maximum absolute atomic E-state index is 8.70. The number of hydrogen-bond donors (Lipinski definition) is 0. The molecule has 0 atom stereocenters. The molecule has 3 heteroatoms. The van der Waals surface area contributed by atoms with Crippen LogP contribution in [0.25, 0.3) is 0 Å². The van der Waals surface area contributed by atoms with E-state index in [-0.39, 0.29) is 5.60 Å². The number of ether oxygens (including phenoxy) is 1. The Balaban J connectivity index is 2.37. The molecule has 66 valence electrons. The molecule has 0 saturated heterocycles. The second-order valence-electron chi connectivity index (χ2n) is 3.24. The average Bonchev–Trinajstić information content (AvgIpc) is 2.99. The van der Waals surface area contributed by atoms with Gasteiger partial charge in [-0.15, -0.1) is 0 Å². The second kappa shape index (κ2) is 2.82. The molecule has 0 amide bonds. The van der Waals surface area contributed by atoms with Gasteiger partial charge in [0, 0.05) is 13.3 Å². The third-order valence-corrected chi connectivity index (χ3v) is 2.45. The lowest BCUT2D eigenvalue weighted by Crippen LogP contribution is -2.11. The monoisotopic (exact) mass is 174 g/mol. The molecule has 0 spiro atoms. The summed E-state index contributed by atoms with van der Waals surface area (Å²) >= 11 is 0. The highest BCUT2D eigenvalue weighted by Gasteiger charge is 2.46. The molecular formula is C10H10N2O. The van der Waals surface area contributed by atoms with Crippen LogP contribution in [0.3, 0.4) is 0 Å². The predicted octanol–water partition coefficient (Wildman–Crippen LogP) is 1.59. The highest BCUT2D eigenvalue weighted by atomic mass is 16.5. The Labute approximate surface area is 77.0 Å². The van der Waals surface area contributed by atoms with Crippen molar-refractivity contribution in [3.05, 3.63) is 29.6 Å². The Morgan fingerprint density at radius 1 is 1.62 bits per heavy atom. The number of nitrogens with zero attached hydrogens (tertiary/aromatic N) is 2. The van der Waals surface area contributed by atoms with Crippen LogP contribution in [0.2, 0.25) is 0 Å². The molecule has 1 heterocycles. The zero-order valence-electron chi connectivity index (χ0n) is 7.45. The highest BCUT2D eigenvalue weighted by molar-refractivity contribution is 5.32. The molecule has 0 bridgehead atoms. The number of methoxy groups -OCH3 is 1. The number of pyridine rings is 1. The van der Waals surface area contributed by atoms with Crippen molar-refractivity contribution in [3.8, 4) is 6.07 Å². The van der Waals surface area contributed by atoms with Gasteiger partial charge in [0.15, 0.2) is 0 Å². The molecule has 0 aromatic carbocycles. The Kier molecular flexibility index (Phi) is 1.78. The Hall–Kier alpha value is -1.40. The van der Waals surface area contributed by atoms with E-state index in [0.717, 1.165) is 18.5 Å². The Morgan fingerprint density at radius 3 is 2.92 bits per heavy atom. The van der Waals surface area contributed by atoms with E-state index in [1.807, 2.05) is 0 Å². The van der Waals surface area contributed by atoms with Crippen molar-refractivity contribution in [1.82, 2.24) is 4.98 Å². The molecule has 0 radical (unpaired) electrons. The fourth-order valence-electron chi connectivity index (χ4n) is 1.43. The fourth-order valence-corrected chi connectivity index (χ4v) is 1.43. The molecule has 1 aromatic rings. The van der Waals surface area contributed by atoms with Gasteiger partial charge in [0.2, 0.25) is 0 Å². The molecule has 0 unspecified atom stereocenters. The van der Waals surface area contributed by atoms with E-state index in [4.69, 9.17) is 10.00 Å². The first kappa shape index (κ1) is 8.21. The number of aromatic nitrogens is 1. The summed E-state index contributed by atoms with van der Waals surface area (Å²) in [5, 5.41) is 8.70. The third-order valence-electron chi connectivity index (χ3n) is 2.45. The van der Waals surface area contributed by atoms with Gasteiger partial charge in [-0.1, -0.05) is 0 Å². The van der Waals surface area contributed by atoms with Crippen LogP contribution in [0.4, 0.5) is 0 Å². The van der Waals surface area contributed by atoms with E-state index < -0.39 is 0 Å². The number of rotatable bonds is 2. The molecule has 3 nitrogen and oxygen atoms in total. The quantitative estimate of drug-likeness (QED) is 0.684. The standard InChI is InChI=1S/C10H10N2O/c1-13-10(3-4-10)9-6-8(7-11)2-5-12-9/h2,5-6H,3-4H2,1H3. The van der Waals surface area contributed by atoms with Crippen molar-refractivity contribution in [2.45, 2.75) is 18.4 Å². The van der Waals surface area contributed by atoms with Crippen molar-refractivity contribution in [3.63, 3.8) is 0 Å². The third kappa shape index (κ3) is 1.30. The molecule has 0 aliphatic heterocycles. The normalized spacial score (nSPS) is 17.8. The minimum Gasteiger partial charge on any atom is -0.372 e. The topological polar surface area (TPSA) is 45.9 Å². The van der Waals surface area contributed by atoms with Crippen LogP contribution in [0.5, 0.6) is 0 Å². The van der Waals surface area contributed by atoms with E-state index in [2.05, 4.69) is 11.1 Å². The van der Waals surface area contributed by atoms with Crippen molar-refractivity contribution in [1.29, 1.82) is 5.26 Å². The zero-order chi connectivity index (χ0) is 9.31. The predicted molar refractivity (Wildman–Crippen MR) is 46.9 cm³/mol. The molecule has 13 heavy (non-hydrogen) atoms. The fraction of sp³-hybridized carbons (Fsp3) is 0.400. The lowest BCUT2D eigenvalue weighted by Gasteiger charge is -2.11. The first-order valence-electron chi connectivity index (χ1n) is 4.22. The zero-order valence-corrected chi connectivity index (χ0v) is 7.45. The molecule has 1 aromatic heterocycles. The summed E-state index contributed by atoms with van der Waals surface area (Å²) in [4.78, 5) is 4.22. The van der Waals surface area contributed by atoms with Gasteiger partial charge >= 0.3 is 0 Å². The van der Waals surface area contributed by atoms with Crippen LogP contribution in [0, 0.1) is 11.3 Å². The Morgan fingerprint density at radius 2 is 2.38 bits per heavy atom. The lowest BCUT2D eigenvalue weighted by atomic mass is 10.1. The van der Waals surface area contributed by atoms with E-state index in [1.54, 1.807) is 25.4 Å². The van der Waals surface area contributed by atoms with Gasteiger partial charge in [-0.25, -0.2) is 0 Å². The van der Waals surface area contributed by atoms with Gasteiger partial charge in [0.05, 0.1) is 17.3 Å². The van der Waals surface area contributed by atoms with Gasteiger partial charge in [0.1, 0.15) is 5.60 Å². The van der Waals surface area contributed by atoms with Crippen LogP contribution >= 0.6 is 0 Å². The molecule has 2 rings (SSSR count). The first-order valence-corrected chi connectivity index (χ1v) is 4.22. The van der Waals surface area contributed by atoms with Crippen LogP contribution in [0.15, 0.2) is 18.3 Å². The van der Waals surface area contributed by atoms with Gasteiger partial charge in [0.25, 0.3) is 0 Å². The summed E-state index contributed by atoms with van der Waals surface area (Å²) < 4.78 is 5.36. The SMILES string of the molecule is COC1(c2cc(C#N)ccn2)CC1. The summed E-state index contributed by atoms with van der Waals surface area (Å²) in [7, 11) is 1.69. The molecular weight excluding hydrogens is 164 g/mol. The smallest absolute Gasteiger partial charge is 0.110 e. The Bertz CT molecular complexity index is 363. The number of nitriles is 1. The van der Waals surface area contributed by atoms with Gasteiger partial charge < -0.3 is 4.74 Å². The summed E-state index contributed by atoms with van der Waals surface area (Å²) in [5.41, 5.74) is 1.34. The van der Waals surface area contributed by atoms with E-state index in [1.165, 1.54) is 0 Å². The van der Waals surface area contributed by atoms with Crippen LogP contribution in [-0.4, -0.2) is 12.1 Å². The summed E-state index contributed by atoms with van der Waals surface area (Å²) in [6.45, 7) is 0. The van der Waals surface area contributed by atoms with Gasteiger partial charge in [-0.3, -0.25) is 4.98 Å². The molecule has 0 N–H and O–H groups in total. The summed E-state index contributed by atoms with van der Waals surface area (Å²) in [5.74, 6) is 0. The van der Waals surface area contributed by atoms with Gasteiger partial charge in [-0.2, -0.15) is 5.26 Å². The number of hydrogen-bond acceptors (Lipinski definition) is 3. The van der Waals surface area contributed by atoms with Crippen molar-refractivity contribution >= 4 is 0 Å². The maximum atomic E-state index is 8.70. The van der Waals surface area contributed by atoms with Crippen LogP contribution in [0.1, 0.15) is 24.1 Å². The molecule has 1 fully saturated rings. The highest BCUT2D eigenvalue weighted by Crippen LogP contribution is 2.47. The first-order chi connectivity index (χ1) is 6.30. The van der Waals surface area contributed by atoms with Crippen molar-refractivity contribution < 1.29 is 4.74 Å². The summed E-state index contributed by atoms with van der Waals surface area (Å²) in [6.07, 6.45) is 3.67. The van der Waals surface area contributed by atoms with Crippen LogP contribution in [-0.2, 0) is 10.3 Å². The second-order valence-corrected chi connectivity index (χ2v) is 3.24. The van der Waals surface area contributed by atoms with Crippen molar-refractivity contribution in [2.24, 2.45) is 0 Å². The van der Waals surface area contributed by atoms with E-state index in [0.29, 0.717) is 5.56 Å². The largest absolute Gasteiger partial charge is 0.372 e. The van der Waals surface area contributed by atoms with E-state index in [9.17, 15) is 0 Å². The minimum atomic E-state index is -0.188. The maximum Gasteiger partial charge on any atom is 0.110 e. The van der Waals surface area contributed by atoms with Crippen molar-refractivity contribution in [2.75, 3.05) is 7.11 Å². The molecule has 1 aliphatic rings. The molecule has 1 saturated carbocycles. The van der Waals surface area contributed by atoms with E-state index >= 15 is 0 Å². The molecule has 1 aliphatic carbocycles. The average molecular weight is 174 g/mol. The lowest BCUT2D eigenvalue weighted by molar-refractivity contribution is 0.0751.